The topological polar surface area (TPSA) is 170 Å². The summed E-state index contributed by atoms with van der Waals surface area (Å²) in [6.45, 7) is 0.583. The second-order valence-corrected chi connectivity index (χ2v) is 12.4. The lowest BCUT2D eigenvalue weighted by molar-refractivity contribution is -0.148. The molecule has 242 valence electrons. The molecular weight excluding hydrogens is 655 g/mol. The van der Waals surface area contributed by atoms with Crippen molar-refractivity contribution in [1.29, 1.82) is 5.26 Å². The minimum atomic E-state index is -4.67. The summed E-state index contributed by atoms with van der Waals surface area (Å²) in [7, 11) is -4.67. The number of halogens is 2. The van der Waals surface area contributed by atoms with E-state index < -0.39 is 43.7 Å². The summed E-state index contributed by atoms with van der Waals surface area (Å²) in [6, 6.07) is 17.6. The molecule has 0 saturated carbocycles. The number of rotatable bonds is 13. The third-order valence-electron chi connectivity index (χ3n) is 7.25. The molecule has 12 nitrogen and oxygen atoms in total. The highest BCUT2D eigenvalue weighted by atomic mass is 32.1. The predicted molar refractivity (Wildman–Crippen MR) is 163 cm³/mol. The number of hydrogen-bond acceptors (Lipinski definition) is 10. The first kappa shape index (κ1) is 33.7. The Bertz CT molecular complexity index is 1930. The number of phosphoric acid groups is 1. The molecule has 5 aromatic rings. The number of nitrogens with zero attached hydrogens (tertiary/aromatic N) is 5. The van der Waals surface area contributed by atoms with Gasteiger partial charge in [-0.25, -0.2) is 32.8 Å². The average Bonchev–Trinajstić information content (AvgIpc) is 3.76. The Kier molecular flexibility index (Phi) is 10.3. The number of phosphoric ester groups is 1. The van der Waals surface area contributed by atoms with Gasteiger partial charge in [-0.3, -0.25) is 4.52 Å². The first-order valence-corrected chi connectivity index (χ1v) is 16.2. The molecule has 0 bridgehead atoms. The summed E-state index contributed by atoms with van der Waals surface area (Å²) in [5.74, 6) is -3.23. The zero-order chi connectivity index (χ0) is 33.6. The monoisotopic (exact) mass is 681 g/mol. The highest BCUT2D eigenvalue weighted by molar-refractivity contribution is 7.46. The Labute approximate surface area is 271 Å². The maximum atomic E-state index is 15.6. The molecule has 5 rings (SSSR count). The van der Waals surface area contributed by atoms with Crippen LogP contribution in [0.1, 0.15) is 44.9 Å². The van der Waals surface area contributed by atoms with Crippen LogP contribution >= 0.6 is 19.2 Å². The minimum Gasteiger partial charge on any atom is -0.435 e. The van der Waals surface area contributed by atoms with Gasteiger partial charge < -0.3 is 19.3 Å². The van der Waals surface area contributed by atoms with E-state index in [1.807, 2.05) is 5.38 Å². The number of hydrogen-bond donors (Lipinski definition) is 2. The van der Waals surface area contributed by atoms with E-state index >= 15 is 4.39 Å². The summed E-state index contributed by atoms with van der Waals surface area (Å²) in [5.41, 5.74) is 0.654. The maximum absolute atomic E-state index is 15.6. The van der Waals surface area contributed by atoms with Crippen molar-refractivity contribution in [3.8, 4) is 17.3 Å². The quantitative estimate of drug-likeness (QED) is 0.0889. The van der Waals surface area contributed by atoms with Crippen molar-refractivity contribution >= 4 is 25.1 Å². The largest absolute Gasteiger partial charge is 0.469 e. The van der Waals surface area contributed by atoms with Gasteiger partial charge in [-0.05, 0) is 35.9 Å². The summed E-state index contributed by atoms with van der Waals surface area (Å²) in [4.78, 5) is 39.5. The van der Waals surface area contributed by atoms with Gasteiger partial charge in [-0.1, -0.05) is 37.3 Å². The number of nitriles is 1. The smallest absolute Gasteiger partial charge is 0.435 e. The van der Waals surface area contributed by atoms with Crippen molar-refractivity contribution in [1.82, 2.24) is 19.7 Å². The van der Waals surface area contributed by atoms with E-state index in [1.165, 1.54) is 59.0 Å². The fraction of sp³-hybridized carbons (Fsp3) is 0.194. The summed E-state index contributed by atoms with van der Waals surface area (Å²) < 4.78 is 58.3. The van der Waals surface area contributed by atoms with E-state index in [1.54, 1.807) is 31.2 Å². The van der Waals surface area contributed by atoms with Crippen LogP contribution in [0.4, 0.5) is 8.78 Å². The van der Waals surface area contributed by atoms with Gasteiger partial charge in [0.2, 0.25) is 0 Å². The van der Waals surface area contributed by atoms with Gasteiger partial charge in [-0.15, -0.1) is 11.3 Å². The van der Waals surface area contributed by atoms with Gasteiger partial charge >= 0.3 is 13.8 Å². The third kappa shape index (κ3) is 8.19. The van der Waals surface area contributed by atoms with Crippen LogP contribution < -0.4 is 0 Å². The molecule has 0 spiro atoms. The van der Waals surface area contributed by atoms with Crippen LogP contribution in [0, 0.1) is 23.0 Å². The highest BCUT2D eigenvalue weighted by Gasteiger charge is 2.45. The molecule has 0 amide bonds. The second-order valence-electron chi connectivity index (χ2n) is 10.2. The average molecular weight is 682 g/mol. The maximum Gasteiger partial charge on any atom is 0.469 e. The standard InChI is InChI=1S/C31H26F2N5O7PS/c1-20(29-37-28(15-47-29)23-6-2-21(13-34)3-7-23)31(16-38-18-35-17-36-38,26-11-10-25(32)12-27(26)33)44-19-43-30(39)24-8-4-22(5-9-24)14-45-46(40,41)42/h2-12,15,17-18,20H,14,16,19H2,1H3,(H2,40,41,42)/t20-,31-/m0/s1. The van der Waals surface area contributed by atoms with Crippen LogP contribution in [0.5, 0.6) is 0 Å². The number of ether oxygens (including phenoxy) is 2. The molecule has 47 heavy (non-hydrogen) atoms. The molecule has 2 N–H and O–H groups in total. The van der Waals surface area contributed by atoms with Crippen LogP contribution in [0.25, 0.3) is 11.3 Å². The number of carbonyl (C=O) groups is 1. The molecule has 0 fully saturated rings. The van der Waals surface area contributed by atoms with Crippen molar-refractivity contribution in [3.05, 3.63) is 124 Å². The van der Waals surface area contributed by atoms with Gasteiger partial charge in [0.15, 0.2) is 6.79 Å². The molecule has 3 aromatic carbocycles. The van der Waals surface area contributed by atoms with E-state index in [-0.39, 0.29) is 24.3 Å². The first-order chi connectivity index (χ1) is 22.5. The van der Waals surface area contributed by atoms with Crippen molar-refractivity contribution in [3.63, 3.8) is 0 Å². The number of esters is 1. The third-order valence-corrected chi connectivity index (χ3v) is 8.74. The highest BCUT2D eigenvalue weighted by Crippen LogP contribution is 2.44. The summed E-state index contributed by atoms with van der Waals surface area (Å²) in [5, 5.41) is 15.6. The molecule has 2 atom stereocenters. The number of thiazole rings is 1. The Morgan fingerprint density at radius 3 is 2.51 bits per heavy atom. The lowest BCUT2D eigenvalue weighted by Crippen LogP contribution is -2.42. The van der Waals surface area contributed by atoms with Crippen LogP contribution in [0.15, 0.2) is 84.8 Å². The Hall–Kier alpha value is -4.68. The predicted octanol–water partition coefficient (Wildman–Crippen LogP) is 5.69. The molecule has 0 saturated heterocycles. The first-order valence-electron chi connectivity index (χ1n) is 13.8. The lowest BCUT2D eigenvalue weighted by atomic mass is 9.81. The van der Waals surface area contributed by atoms with E-state index in [2.05, 4.69) is 20.7 Å². The fourth-order valence-electron chi connectivity index (χ4n) is 4.79. The molecule has 16 heteroatoms. The van der Waals surface area contributed by atoms with Gasteiger partial charge in [0, 0.05) is 28.5 Å². The van der Waals surface area contributed by atoms with Crippen LogP contribution in [-0.4, -0.2) is 42.3 Å². The van der Waals surface area contributed by atoms with Crippen molar-refractivity contribution in [2.75, 3.05) is 6.79 Å². The van der Waals surface area contributed by atoms with Crippen molar-refractivity contribution in [2.24, 2.45) is 0 Å². The molecule has 0 aliphatic carbocycles. The number of benzene rings is 3. The van der Waals surface area contributed by atoms with E-state index in [9.17, 15) is 13.8 Å². The number of aromatic nitrogens is 4. The zero-order valence-corrected chi connectivity index (χ0v) is 26.3. The molecule has 0 radical (unpaired) electrons. The Balaban J connectivity index is 1.45. The van der Waals surface area contributed by atoms with E-state index in [0.29, 0.717) is 21.8 Å². The Morgan fingerprint density at radius 1 is 1.13 bits per heavy atom. The van der Waals surface area contributed by atoms with Gasteiger partial charge in [0.1, 0.15) is 29.9 Å². The van der Waals surface area contributed by atoms with Crippen molar-refractivity contribution in [2.45, 2.75) is 31.6 Å². The van der Waals surface area contributed by atoms with E-state index in [0.717, 1.165) is 17.7 Å². The van der Waals surface area contributed by atoms with Crippen molar-refractivity contribution < 1.29 is 41.9 Å². The minimum absolute atomic E-state index is 0.0394. The van der Waals surface area contributed by atoms with Gasteiger partial charge in [0.05, 0.1) is 41.0 Å². The normalized spacial score (nSPS) is 13.4. The van der Waals surface area contributed by atoms with Gasteiger partial charge in [-0.2, -0.15) is 10.4 Å². The van der Waals surface area contributed by atoms with Crippen LogP contribution in [0.3, 0.4) is 0 Å². The molecular formula is C31H26F2N5O7PS. The molecule has 2 heterocycles. The fourth-order valence-corrected chi connectivity index (χ4v) is 6.08. The van der Waals surface area contributed by atoms with Crippen LogP contribution in [-0.2, 0) is 37.3 Å². The van der Waals surface area contributed by atoms with Crippen LogP contribution in [0.2, 0.25) is 0 Å². The summed E-state index contributed by atoms with van der Waals surface area (Å²) in [6.07, 6.45) is 2.69. The SMILES string of the molecule is C[C@@H](c1nc(-c2ccc(C#N)cc2)cs1)[C@](Cn1cncn1)(OCOC(=O)c1ccc(COP(=O)(O)O)cc1)c1ccc(F)cc1F. The molecule has 2 aromatic heterocycles. The lowest BCUT2D eigenvalue weighted by Gasteiger charge is -2.38. The molecule has 0 aliphatic heterocycles. The second kappa shape index (κ2) is 14.4. The molecule has 0 unspecified atom stereocenters. The number of carbonyl (C=O) groups excluding carboxylic acids is 1. The Morgan fingerprint density at radius 2 is 1.87 bits per heavy atom. The summed E-state index contributed by atoms with van der Waals surface area (Å²) >= 11 is 1.28. The zero-order valence-electron chi connectivity index (χ0n) is 24.6. The molecule has 0 aliphatic rings. The van der Waals surface area contributed by atoms with Gasteiger partial charge in [0.25, 0.3) is 0 Å². The van der Waals surface area contributed by atoms with E-state index in [4.69, 9.17) is 29.5 Å².